The van der Waals surface area contributed by atoms with Gasteiger partial charge in [-0.05, 0) is 25.1 Å². The Morgan fingerprint density at radius 3 is 2.67 bits per heavy atom. The Labute approximate surface area is 108 Å². The zero-order valence-corrected chi connectivity index (χ0v) is 10.7. The number of piperazine rings is 1. The molecule has 98 valence electrons. The Morgan fingerprint density at radius 2 is 2.06 bits per heavy atom. The number of nitrogens with two attached hydrogens (primary N) is 1. The molecule has 0 unspecified atom stereocenters. The fourth-order valence-electron chi connectivity index (χ4n) is 2.23. The van der Waals surface area contributed by atoms with Crippen molar-refractivity contribution in [3.05, 3.63) is 24.4 Å². The molecular weight excluding hydrogens is 226 g/mol. The first-order chi connectivity index (χ1) is 8.75. The lowest BCUT2D eigenvalue weighted by Gasteiger charge is -2.35. The van der Waals surface area contributed by atoms with Gasteiger partial charge in [0.25, 0.3) is 0 Å². The summed E-state index contributed by atoms with van der Waals surface area (Å²) in [5, 5.41) is 7.20. The lowest BCUT2D eigenvalue weighted by atomic mass is 10.2. The number of aromatic nitrogens is 1. The van der Waals surface area contributed by atoms with Gasteiger partial charge in [-0.25, -0.2) is 4.98 Å². The second-order valence-electron chi connectivity index (χ2n) is 4.65. The van der Waals surface area contributed by atoms with Gasteiger partial charge < -0.3 is 10.6 Å². The van der Waals surface area contributed by atoms with Gasteiger partial charge in [0.05, 0.1) is 5.84 Å². The van der Waals surface area contributed by atoms with Gasteiger partial charge in [0, 0.05) is 38.8 Å². The SMILES string of the molecule is N=C(N)CCCN1CCN(c2ccccn2)CC1. The minimum absolute atomic E-state index is 0.294. The maximum Gasteiger partial charge on any atom is 0.128 e. The molecule has 5 nitrogen and oxygen atoms in total. The fourth-order valence-corrected chi connectivity index (χ4v) is 2.23. The molecule has 0 aromatic carbocycles. The lowest BCUT2D eigenvalue weighted by molar-refractivity contribution is 0.256. The Balaban J connectivity index is 1.73. The largest absolute Gasteiger partial charge is 0.388 e. The smallest absolute Gasteiger partial charge is 0.128 e. The monoisotopic (exact) mass is 247 g/mol. The van der Waals surface area contributed by atoms with Crippen LogP contribution in [0.25, 0.3) is 0 Å². The van der Waals surface area contributed by atoms with Gasteiger partial charge in [-0.15, -0.1) is 0 Å². The van der Waals surface area contributed by atoms with Crippen molar-refractivity contribution in [3.63, 3.8) is 0 Å². The average Bonchev–Trinajstić information content (AvgIpc) is 2.40. The second-order valence-corrected chi connectivity index (χ2v) is 4.65. The molecule has 0 spiro atoms. The molecule has 0 amide bonds. The summed E-state index contributed by atoms with van der Waals surface area (Å²) in [5.74, 6) is 1.36. The zero-order chi connectivity index (χ0) is 12.8. The predicted molar refractivity (Wildman–Crippen MR) is 74.0 cm³/mol. The van der Waals surface area contributed by atoms with Crippen LogP contribution in [-0.4, -0.2) is 48.4 Å². The molecule has 1 aliphatic rings. The fraction of sp³-hybridized carbons (Fsp3) is 0.538. The molecule has 2 heterocycles. The van der Waals surface area contributed by atoms with Crippen LogP contribution in [0.3, 0.4) is 0 Å². The molecule has 1 aromatic heterocycles. The summed E-state index contributed by atoms with van der Waals surface area (Å²) in [4.78, 5) is 9.13. The van der Waals surface area contributed by atoms with Gasteiger partial charge in [0.15, 0.2) is 0 Å². The summed E-state index contributed by atoms with van der Waals surface area (Å²) in [7, 11) is 0. The Morgan fingerprint density at radius 1 is 1.28 bits per heavy atom. The standard InChI is InChI=1S/C13H21N5/c14-12(15)4-3-7-17-8-10-18(11-9-17)13-5-1-2-6-16-13/h1-2,5-6H,3-4,7-11H2,(H3,14,15). The first-order valence-electron chi connectivity index (χ1n) is 6.47. The van der Waals surface area contributed by atoms with Crippen LogP contribution in [0.15, 0.2) is 24.4 Å². The van der Waals surface area contributed by atoms with E-state index in [1.54, 1.807) is 0 Å². The third-order valence-electron chi connectivity index (χ3n) is 3.27. The number of hydrogen-bond acceptors (Lipinski definition) is 4. The molecule has 0 atom stereocenters. The molecule has 1 aliphatic heterocycles. The van der Waals surface area contributed by atoms with E-state index in [4.69, 9.17) is 11.1 Å². The molecule has 0 saturated carbocycles. The van der Waals surface area contributed by atoms with Crippen LogP contribution in [0, 0.1) is 5.41 Å². The van der Waals surface area contributed by atoms with E-state index in [1.807, 2.05) is 18.3 Å². The number of amidine groups is 1. The highest BCUT2D eigenvalue weighted by atomic mass is 15.3. The van der Waals surface area contributed by atoms with Crippen LogP contribution < -0.4 is 10.6 Å². The first-order valence-corrected chi connectivity index (χ1v) is 6.47. The number of rotatable bonds is 5. The number of nitrogens with zero attached hydrogens (tertiary/aromatic N) is 3. The van der Waals surface area contributed by atoms with Crippen LogP contribution in [0.5, 0.6) is 0 Å². The van der Waals surface area contributed by atoms with E-state index < -0.39 is 0 Å². The number of anilines is 1. The lowest BCUT2D eigenvalue weighted by Crippen LogP contribution is -2.47. The molecule has 1 fully saturated rings. The minimum Gasteiger partial charge on any atom is -0.388 e. The molecule has 1 saturated heterocycles. The van der Waals surface area contributed by atoms with Crippen LogP contribution in [0.4, 0.5) is 5.82 Å². The summed E-state index contributed by atoms with van der Waals surface area (Å²) in [5.41, 5.74) is 5.35. The van der Waals surface area contributed by atoms with Gasteiger partial charge in [-0.2, -0.15) is 0 Å². The summed E-state index contributed by atoms with van der Waals surface area (Å²) in [6.07, 6.45) is 3.54. The molecule has 0 bridgehead atoms. The van der Waals surface area contributed by atoms with Crippen LogP contribution in [0.2, 0.25) is 0 Å². The third-order valence-corrected chi connectivity index (χ3v) is 3.27. The van der Waals surface area contributed by atoms with Crippen molar-refractivity contribution in [1.29, 1.82) is 5.41 Å². The number of nitrogens with one attached hydrogen (secondary N) is 1. The Hall–Kier alpha value is -1.62. The summed E-state index contributed by atoms with van der Waals surface area (Å²) < 4.78 is 0. The second kappa shape index (κ2) is 6.35. The van der Waals surface area contributed by atoms with Crippen LogP contribution >= 0.6 is 0 Å². The maximum atomic E-state index is 7.20. The molecule has 0 radical (unpaired) electrons. The van der Waals surface area contributed by atoms with Crippen molar-refractivity contribution >= 4 is 11.7 Å². The van der Waals surface area contributed by atoms with E-state index in [2.05, 4.69) is 20.9 Å². The topological polar surface area (TPSA) is 69.2 Å². The van der Waals surface area contributed by atoms with E-state index in [-0.39, 0.29) is 0 Å². The van der Waals surface area contributed by atoms with Crippen molar-refractivity contribution in [2.75, 3.05) is 37.6 Å². The summed E-state index contributed by atoms with van der Waals surface area (Å²) in [6.45, 7) is 5.22. The Kier molecular flexibility index (Phi) is 4.52. The van der Waals surface area contributed by atoms with E-state index in [0.717, 1.165) is 45.0 Å². The molecule has 18 heavy (non-hydrogen) atoms. The van der Waals surface area contributed by atoms with Gasteiger partial charge in [0.1, 0.15) is 5.82 Å². The predicted octanol–water partition coefficient (Wildman–Crippen LogP) is 0.920. The quantitative estimate of drug-likeness (QED) is 0.599. The molecular formula is C13H21N5. The van der Waals surface area contributed by atoms with Crippen molar-refractivity contribution in [2.24, 2.45) is 5.73 Å². The van der Waals surface area contributed by atoms with Crippen molar-refractivity contribution in [3.8, 4) is 0 Å². The van der Waals surface area contributed by atoms with Gasteiger partial charge >= 0.3 is 0 Å². The van der Waals surface area contributed by atoms with Crippen molar-refractivity contribution in [1.82, 2.24) is 9.88 Å². The summed E-state index contributed by atoms with van der Waals surface area (Å²) in [6, 6.07) is 6.04. The number of hydrogen-bond donors (Lipinski definition) is 2. The van der Waals surface area contributed by atoms with Gasteiger partial charge in [0.2, 0.25) is 0 Å². The molecule has 3 N–H and O–H groups in total. The normalized spacial score (nSPS) is 16.8. The molecule has 1 aromatic rings. The third kappa shape index (κ3) is 3.70. The van der Waals surface area contributed by atoms with E-state index in [9.17, 15) is 0 Å². The van der Waals surface area contributed by atoms with Gasteiger partial charge in [-0.3, -0.25) is 10.3 Å². The van der Waals surface area contributed by atoms with Crippen LogP contribution in [0.1, 0.15) is 12.8 Å². The Bertz CT molecular complexity index is 370. The van der Waals surface area contributed by atoms with E-state index >= 15 is 0 Å². The highest BCUT2D eigenvalue weighted by Gasteiger charge is 2.17. The molecule has 5 heteroatoms. The summed E-state index contributed by atoms with van der Waals surface area (Å²) >= 11 is 0. The maximum absolute atomic E-state index is 7.20. The van der Waals surface area contributed by atoms with Gasteiger partial charge in [-0.1, -0.05) is 6.07 Å². The van der Waals surface area contributed by atoms with Crippen molar-refractivity contribution in [2.45, 2.75) is 12.8 Å². The van der Waals surface area contributed by atoms with Crippen molar-refractivity contribution < 1.29 is 0 Å². The highest BCUT2D eigenvalue weighted by molar-refractivity contribution is 5.76. The highest BCUT2D eigenvalue weighted by Crippen LogP contribution is 2.12. The molecule has 2 rings (SSSR count). The molecule has 0 aliphatic carbocycles. The first kappa shape index (κ1) is 12.8. The number of pyridine rings is 1. The van der Waals surface area contributed by atoms with E-state index in [0.29, 0.717) is 12.3 Å². The van der Waals surface area contributed by atoms with E-state index in [1.165, 1.54) is 0 Å². The average molecular weight is 247 g/mol. The minimum atomic E-state index is 0.294. The van der Waals surface area contributed by atoms with Crippen LogP contribution in [-0.2, 0) is 0 Å². The zero-order valence-electron chi connectivity index (χ0n) is 10.7.